The Balaban J connectivity index is 1.26. The third-order valence-corrected chi connectivity index (χ3v) is 13.0. The number of benzene rings is 8. The van der Waals surface area contributed by atoms with Crippen LogP contribution < -0.4 is 0 Å². The van der Waals surface area contributed by atoms with E-state index >= 15 is 0 Å². The molecule has 0 N–H and O–H groups in total. The van der Waals surface area contributed by atoms with Crippen molar-refractivity contribution < 1.29 is 0 Å². The lowest BCUT2D eigenvalue weighted by Gasteiger charge is -2.12. The van der Waals surface area contributed by atoms with E-state index in [4.69, 9.17) is 15.0 Å². The lowest BCUT2D eigenvalue weighted by Crippen LogP contribution is -2.01. The second kappa shape index (κ2) is 13.5. The van der Waals surface area contributed by atoms with E-state index in [-0.39, 0.29) is 0 Å². The molecule has 0 aliphatic carbocycles. The van der Waals surface area contributed by atoms with Gasteiger partial charge in [0.2, 0.25) is 0 Å². The summed E-state index contributed by atoms with van der Waals surface area (Å²) in [6.45, 7) is 0. The quantitative estimate of drug-likeness (QED) is 0.170. The third-order valence-electron chi connectivity index (χ3n) is 10.5. The molecule has 262 valence electrons. The van der Waals surface area contributed by atoms with Gasteiger partial charge in [0.05, 0.1) is 0 Å². The summed E-state index contributed by atoms with van der Waals surface area (Å²) in [5.41, 5.74) is 10.1. The Labute approximate surface area is 331 Å². The summed E-state index contributed by atoms with van der Waals surface area (Å²) in [7, 11) is 0. The lowest BCUT2D eigenvalue weighted by atomic mass is 9.93. The molecule has 0 fully saturated rings. The predicted molar refractivity (Wildman–Crippen MR) is 238 cm³/mol. The average Bonchev–Trinajstić information content (AvgIpc) is 3.86. The van der Waals surface area contributed by atoms with Crippen molar-refractivity contribution in [1.82, 2.24) is 15.0 Å². The van der Waals surface area contributed by atoms with Gasteiger partial charge < -0.3 is 0 Å². The molecule has 0 atom stereocenters. The van der Waals surface area contributed by atoms with Crippen LogP contribution in [0.15, 0.2) is 188 Å². The van der Waals surface area contributed by atoms with Gasteiger partial charge in [-0.25, -0.2) is 15.0 Å². The normalized spacial score (nSPS) is 11.6. The van der Waals surface area contributed by atoms with Crippen LogP contribution in [0.4, 0.5) is 0 Å². The predicted octanol–water partition coefficient (Wildman–Crippen LogP) is 14.6. The number of fused-ring (bicyclic) bond motifs is 6. The first-order valence-electron chi connectivity index (χ1n) is 18.7. The van der Waals surface area contributed by atoms with Crippen molar-refractivity contribution in [2.45, 2.75) is 0 Å². The van der Waals surface area contributed by atoms with Crippen molar-refractivity contribution >= 4 is 63.0 Å². The zero-order valence-electron chi connectivity index (χ0n) is 30.1. The highest BCUT2D eigenvalue weighted by atomic mass is 32.1. The zero-order chi connectivity index (χ0) is 37.0. The van der Waals surface area contributed by atoms with Gasteiger partial charge in [0, 0.05) is 62.6 Å². The van der Waals surface area contributed by atoms with Gasteiger partial charge in [-0.1, -0.05) is 158 Å². The topological polar surface area (TPSA) is 38.7 Å². The fraction of sp³-hybridized carbons (Fsp3) is 0. The van der Waals surface area contributed by atoms with Gasteiger partial charge in [0.25, 0.3) is 0 Å². The molecule has 56 heavy (non-hydrogen) atoms. The maximum Gasteiger partial charge on any atom is 0.164 e. The molecule has 0 saturated carbocycles. The first kappa shape index (κ1) is 32.6. The summed E-state index contributed by atoms with van der Waals surface area (Å²) in [5, 5.41) is 4.73. The Bertz CT molecular complexity index is 3230. The number of nitrogens with zero attached hydrogens (tertiary/aromatic N) is 3. The molecule has 11 rings (SSSR count). The van der Waals surface area contributed by atoms with Crippen molar-refractivity contribution in [2.24, 2.45) is 0 Å². The molecular formula is C51H31N3S2. The van der Waals surface area contributed by atoms with Gasteiger partial charge >= 0.3 is 0 Å². The highest BCUT2D eigenvalue weighted by Crippen LogP contribution is 2.49. The van der Waals surface area contributed by atoms with Gasteiger partial charge in [-0.3, -0.25) is 0 Å². The molecule has 0 radical (unpaired) electrons. The molecule has 3 nitrogen and oxygen atoms in total. The van der Waals surface area contributed by atoms with Crippen molar-refractivity contribution in [3.63, 3.8) is 0 Å². The van der Waals surface area contributed by atoms with Gasteiger partial charge in [-0.05, 0) is 58.1 Å². The SMILES string of the molecule is c1ccc(-c2cc(-c3ccccc3)c3sc4c(-c5ccccc5)ccc(-c5nc(-c6ccccc6)nc(-c6cccc7sc8ccccc8c67)n5)c4c3c2)cc1. The molecule has 0 spiro atoms. The van der Waals surface area contributed by atoms with Gasteiger partial charge in [-0.15, -0.1) is 22.7 Å². The van der Waals surface area contributed by atoms with E-state index in [0.29, 0.717) is 17.5 Å². The standard InChI is InChI=1S/C51H31N3S2/c1-5-16-32(17-6-1)36-30-41(34-20-9-3-10-21-34)47-42(31-36)46-40(29-28-37(48(46)56-47)33-18-7-2-8-19-33)51-53-49(35-22-11-4-12-23-35)52-50(54-51)39-25-15-27-44-45(39)38-24-13-14-26-43(38)55-44/h1-31H. The highest BCUT2D eigenvalue weighted by Gasteiger charge is 2.23. The molecule has 3 aromatic heterocycles. The number of rotatable bonds is 6. The van der Waals surface area contributed by atoms with E-state index in [2.05, 4.69) is 170 Å². The minimum absolute atomic E-state index is 0.650. The van der Waals surface area contributed by atoms with E-state index < -0.39 is 0 Å². The van der Waals surface area contributed by atoms with Crippen LogP contribution in [0.5, 0.6) is 0 Å². The van der Waals surface area contributed by atoms with E-state index in [1.807, 2.05) is 29.5 Å². The summed E-state index contributed by atoms with van der Waals surface area (Å²) in [5.74, 6) is 1.97. The largest absolute Gasteiger partial charge is 0.208 e. The van der Waals surface area contributed by atoms with Crippen LogP contribution in [0.3, 0.4) is 0 Å². The van der Waals surface area contributed by atoms with Gasteiger partial charge in [0.15, 0.2) is 17.5 Å². The molecule has 8 aromatic carbocycles. The minimum Gasteiger partial charge on any atom is -0.208 e. The van der Waals surface area contributed by atoms with Crippen LogP contribution in [0, 0.1) is 0 Å². The van der Waals surface area contributed by atoms with E-state index in [0.717, 1.165) is 22.1 Å². The maximum absolute atomic E-state index is 5.42. The van der Waals surface area contributed by atoms with Crippen LogP contribution in [0.1, 0.15) is 0 Å². The van der Waals surface area contributed by atoms with Crippen molar-refractivity contribution in [1.29, 1.82) is 0 Å². The van der Waals surface area contributed by atoms with Gasteiger partial charge in [-0.2, -0.15) is 0 Å². The second-order valence-electron chi connectivity index (χ2n) is 13.9. The molecule has 0 amide bonds. The van der Waals surface area contributed by atoms with E-state index in [1.54, 1.807) is 11.3 Å². The van der Waals surface area contributed by atoms with Crippen molar-refractivity contribution in [2.75, 3.05) is 0 Å². The summed E-state index contributed by atoms with van der Waals surface area (Å²) < 4.78 is 4.91. The monoisotopic (exact) mass is 749 g/mol. The average molecular weight is 750 g/mol. The molecule has 11 aromatic rings. The van der Waals surface area contributed by atoms with E-state index in [9.17, 15) is 0 Å². The zero-order valence-corrected chi connectivity index (χ0v) is 31.7. The first-order chi connectivity index (χ1) is 27.8. The van der Waals surface area contributed by atoms with Gasteiger partial charge in [0.1, 0.15) is 0 Å². The molecule has 0 aliphatic heterocycles. The summed E-state index contributed by atoms with van der Waals surface area (Å²) >= 11 is 3.66. The Kier molecular flexibility index (Phi) is 7.87. The summed E-state index contributed by atoms with van der Waals surface area (Å²) in [6.07, 6.45) is 0. The van der Waals surface area contributed by atoms with Crippen LogP contribution in [0.25, 0.3) is 108 Å². The lowest BCUT2D eigenvalue weighted by molar-refractivity contribution is 1.08. The Hall–Kier alpha value is -6.79. The number of hydrogen-bond donors (Lipinski definition) is 0. The smallest absolute Gasteiger partial charge is 0.164 e. The van der Waals surface area contributed by atoms with Crippen molar-refractivity contribution in [3.8, 4) is 67.5 Å². The summed E-state index contributed by atoms with van der Waals surface area (Å²) in [6, 6.07) is 66.7. The Morgan fingerprint density at radius 1 is 0.286 bits per heavy atom. The van der Waals surface area contributed by atoms with Crippen LogP contribution in [-0.4, -0.2) is 15.0 Å². The third kappa shape index (κ3) is 5.51. The van der Waals surface area contributed by atoms with Crippen molar-refractivity contribution in [3.05, 3.63) is 188 Å². The fourth-order valence-corrected chi connectivity index (χ4v) is 10.4. The number of thiophene rings is 2. The molecule has 0 aliphatic rings. The van der Waals surface area contributed by atoms with E-state index in [1.165, 1.54) is 68.3 Å². The second-order valence-corrected chi connectivity index (χ2v) is 16.0. The minimum atomic E-state index is 0.650. The Morgan fingerprint density at radius 3 is 1.52 bits per heavy atom. The first-order valence-corrected chi connectivity index (χ1v) is 20.3. The Morgan fingerprint density at radius 2 is 0.821 bits per heavy atom. The molecule has 0 unspecified atom stereocenters. The molecular weight excluding hydrogens is 719 g/mol. The fourth-order valence-electron chi connectivity index (χ4n) is 7.94. The maximum atomic E-state index is 5.42. The molecule has 0 saturated heterocycles. The molecule has 0 bridgehead atoms. The molecule has 5 heteroatoms. The number of aromatic nitrogens is 3. The number of hydrogen-bond acceptors (Lipinski definition) is 5. The van der Waals surface area contributed by atoms with Crippen LogP contribution in [0.2, 0.25) is 0 Å². The highest BCUT2D eigenvalue weighted by molar-refractivity contribution is 7.27. The molecule has 3 heterocycles. The van der Waals surface area contributed by atoms with Crippen LogP contribution in [-0.2, 0) is 0 Å². The summed E-state index contributed by atoms with van der Waals surface area (Å²) in [4.78, 5) is 16.0. The van der Waals surface area contributed by atoms with Crippen LogP contribution >= 0.6 is 22.7 Å².